The second-order valence-electron chi connectivity index (χ2n) is 4.97. The number of ether oxygens (including phenoxy) is 1. The van der Waals surface area contributed by atoms with Crippen LogP contribution in [0.25, 0.3) is 11.2 Å². The minimum absolute atomic E-state index is 0.379. The van der Waals surface area contributed by atoms with Crippen molar-refractivity contribution in [2.45, 2.75) is 30.7 Å². The van der Waals surface area contributed by atoms with Gasteiger partial charge < -0.3 is 25.0 Å². The summed E-state index contributed by atoms with van der Waals surface area (Å²) in [4.78, 5) is 20.2. The predicted octanol–water partition coefficient (Wildman–Crippen LogP) is -1.25. The molecule has 1 aliphatic rings. The maximum Gasteiger partial charge on any atom is 0.449 e. The van der Waals surface area contributed by atoms with E-state index in [-0.39, 0.29) is 5.52 Å². The number of alkyl halides is 3. The predicted molar refractivity (Wildman–Crippen MR) is 66.2 cm³/mol. The second kappa shape index (κ2) is 5.26. The Morgan fingerprint density at radius 2 is 2.04 bits per heavy atom. The Hall–Kier alpha value is -2.02. The van der Waals surface area contributed by atoms with Gasteiger partial charge in [-0.3, -0.25) is 9.36 Å². The summed E-state index contributed by atoms with van der Waals surface area (Å²) in [6, 6.07) is 0. The Bertz CT molecular complexity index is 788. The molecular formula is C11H11F3N4O5. The average Bonchev–Trinajstić information content (AvgIpc) is 3.01. The van der Waals surface area contributed by atoms with E-state index >= 15 is 0 Å². The maximum absolute atomic E-state index is 12.8. The molecule has 1 saturated heterocycles. The minimum atomic E-state index is -4.88. The van der Waals surface area contributed by atoms with E-state index in [9.17, 15) is 28.2 Å². The first kappa shape index (κ1) is 15.9. The fourth-order valence-corrected chi connectivity index (χ4v) is 2.36. The van der Waals surface area contributed by atoms with Gasteiger partial charge in [-0.2, -0.15) is 13.2 Å². The Kier molecular flexibility index (Phi) is 3.63. The molecule has 3 heterocycles. The van der Waals surface area contributed by atoms with Gasteiger partial charge in [0.25, 0.3) is 5.56 Å². The third kappa shape index (κ3) is 2.49. The molecule has 2 aromatic rings. The monoisotopic (exact) mass is 336 g/mol. The van der Waals surface area contributed by atoms with Gasteiger partial charge in [0.05, 0.1) is 12.9 Å². The molecule has 0 aliphatic carbocycles. The standard InChI is InChI=1S/C11H11F3N4O5/c12-11(13,14)10-16-7-4(8(22)17-10)15-2-18(7)9-6(21)5(20)3(1-19)23-9/h2-3,5-6,9,19-21H,1H2,(H,16,17,22)/t3-,5-,6-,9-/m0/s1. The third-order valence-corrected chi connectivity index (χ3v) is 3.49. The van der Waals surface area contributed by atoms with E-state index in [1.807, 2.05) is 0 Å². The second-order valence-corrected chi connectivity index (χ2v) is 4.97. The molecule has 0 amide bonds. The number of rotatable bonds is 2. The Labute approximate surface area is 125 Å². The maximum atomic E-state index is 12.8. The van der Waals surface area contributed by atoms with Crippen molar-refractivity contribution in [3.8, 4) is 0 Å². The van der Waals surface area contributed by atoms with Crippen LogP contribution >= 0.6 is 0 Å². The van der Waals surface area contributed by atoms with Gasteiger partial charge in [0.2, 0.25) is 5.82 Å². The normalized spacial score (nSPS) is 28.6. The van der Waals surface area contributed by atoms with Crippen molar-refractivity contribution < 1.29 is 33.2 Å². The summed E-state index contributed by atoms with van der Waals surface area (Å²) in [5.74, 6) is -1.52. The number of aliphatic hydroxyl groups excluding tert-OH is 3. The van der Waals surface area contributed by atoms with Crippen LogP contribution in [0.5, 0.6) is 0 Å². The number of fused-ring (bicyclic) bond motifs is 1. The molecule has 4 atom stereocenters. The van der Waals surface area contributed by atoms with Gasteiger partial charge in [-0.05, 0) is 0 Å². The molecule has 0 radical (unpaired) electrons. The van der Waals surface area contributed by atoms with Crippen molar-refractivity contribution in [3.05, 3.63) is 22.5 Å². The van der Waals surface area contributed by atoms with E-state index in [0.717, 1.165) is 10.9 Å². The van der Waals surface area contributed by atoms with Gasteiger partial charge in [0.1, 0.15) is 18.3 Å². The van der Waals surface area contributed by atoms with Gasteiger partial charge >= 0.3 is 6.18 Å². The first-order chi connectivity index (χ1) is 10.7. The molecule has 1 aliphatic heterocycles. The number of H-pyrrole nitrogens is 1. The zero-order chi connectivity index (χ0) is 16.9. The lowest BCUT2D eigenvalue weighted by Gasteiger charge is -2.16. The zero-order valence-electron chi connectivity index (χ0n) is 11.2. The van der Waals surface area contributed by atoms with Crippen molar-refractivity contribution in [1.29, 1.82) is 0 Å². The fraction of sp³-hybridized carbons (Fsp3) is 0.545. The van der Waals surface area contributed by atoms with Crippen LogP contribution in [0.3, 0.4) is 0 Å². The van der Waals surface area contributed by atoms with Crippen LogP contribution in [0.15, 0.2) is 11.1 Å². The van der Waals surface area contributed by atoms with Crippen molar-refractivity contribution in [2.75, 3.05) is 6.61 Å². The summed E-state index contributed by atoms with van der Waals surface area (Å²) in [5, 5.41) is 28.7. The van der Waals surface area contributed by atoms with Gasteiger partial charge in [-0.25, -0.2) is 9.97 Å². The summed E-state index contributed by atoms with van der Waals surface area (Å²) >= 11 is 0. The molecule has 4 N–H and O–H groups in total. The molecule has 1 fully saturated rings. The number of halogens is 3. The van der Waals surface area contributed by atoms with E-state index in [1.54, 1.807) is 4.98 Å². The molecule has 0 aromatic carbocycles. The number of aromatic nitrogens is 4. The molecule has 2 aromatic heterocycles. The number of hydrogen-bond acceptors (Lipinski definition) is 7. The van der Waals surface area contributed by atoms with E-state index in [0.29, 0.717) is 0 Å². The SMILES string of the molecule is O=c1[nH]c(C(F)(F)F)nc2c1ncn2[C@H]1O[C@@H](CO)[C@H](O)[C@@H]1O. The summed E-state index contributed by atoms with van der Waals surface area (Å²) in [6.45, 7) is -0.608. The topological polar surface area (TPSA) is 133 Å². The van der Waals surface area contributed by atoms with Crippen LogP contribution in [-0.4, -0.2) is 59.8 Å². The fourth-order valence-electron chi connectivity index (χ4n) is 2.36. The number of hydrogen-bond donors (Lipinski definition) is 4. The molecule has 0 unspecified atom stereocenters. The smallest absolute Gasteiger partial charge is 0.394 e. The molecule has 3 rings (SSSR count). The van der Waals surface area contributed by atoms with Crippen LogP contribution in [-0.2, 0) is 10.9 Å². The quantitative estimate of drug-likeness (QED) is 0.538. The van der Waals surface area contributed by atoms with Crippen LogP contribution in [0.1, 0.15) is 12.1 Å². The molecule has 23 heavy (non-hydrogen) atoms. The molecule has 0 bridgehead atoms. The lowest BCUT2D eigenvalue weighted by molar-refractivity contribution is -0.145. The molecule has 12 heteroatoms. The number of aromatic amines is 1. The van der Waals surface area contributed by atoms with Crippen molar-refractivity contribution >= 4 is 11.2 Å². The van der Waals surface area contributed by atoms with Gasteiger partial charge in [-0.1, -0.05) is 0 Å². The highest BCUT2D eigenvalue weighted by Crippen LogP contribution is 2.31. The average molecular weight is 336 g/mol. The van der Waals surface area contributed by atoms with Crippen LogP contribution in [0, 0.1) is 0 Å². The van der Waals surface area contributed by atoms with Gasteiger partial charge in [0, 0.05) is 0 Å². The first-order valence-electron chi connectivity index (χ1n) is 6.40. The molecule has 9 nitrogen and oxygen atoms in total. The van der Waals surface area contributed by atoms with Gasteiger partial charge in [-0.15, -0.1) is 0 Å². The van der Waals surface area contributed by atoms with Crippen LogP contribution < -0.4 is 5.56 Å². The molecular weight excluding hydrogens is 325 g/mol. The molecule has 0 saturated carbocycles. The highest BCUT2D eigenvalue weighted by atomic mass is 19.4. The first-order valence-corrected chi connectivity index (χ1v) is 6.40. The summed E-state index contributed by atoms with van der Waals surface area (Å²) < 4.78 is 44.3. The summed E-state index contributed by atoms with van der Waals surface area (Å²) in [5.41, 5.74) is -1.94. The Morgan fingerprint density at radius 3 is 2.61 bits per heavy atom. The van der Waals surface area contributed by atoms with Crippen LogP contribution in [0.4, 0.5) is 13.2 Å². The number of nitrogens with one attached hydrogen (secondary N) is 1. The minimum Gasteiger partial charge on any atom is -0.394 e. The third-order valence-electron chi connectivity index (χ3n) is 3.49. The van der Waals surface area contributed by atoms with Gasteiger partial charge in [0.15, 0.2) is 17.4 Å². The van der Waals surface area contributed by atoms with Crippen molar-refractivity contribution in [2.24, 2.45) is 0 Å². The van der Waals surface area contributed by atoms with E-state index < -0.39 is 54.4 Å². The lowest BCUT2D eigenvalue weighted by Crippen LogP contribution is -2.33. The summed E-state index contributed by atoms with van der Waals surface area (Å²) in [6.07, 6.45) is -9.39. The highest BCUT2D eigenvalue weighted by molar-refractivity contribution is 5.69. The largest absolute Gasteiger partial charge is 0.449 e. The molecule has 126 valence electrons. The van der Waals surface area contributed by atoms with Crippen molar-refractivity contribution in [1.82, 2.24) is 19.5 Å². The van der Waals surface area contributed by atoms with Crippen LogP contribution in [0.2, 0.25) is 0 Å². The number of aliphatic hydroxyl groups is 3. The molecule has 0 spiro atoms. The van der Waals surface area contributed by atoms with E-state index in [2.05, 4.69) is 9.97 Å². The van der Waals surface area contributed by atoms with E-state index in [4.69, 9.17) is 9.84 Å². The van der Waals surface area contributed by atoms with Crippen molar-refractivity contribution in [3.63, 3.8) is 0 Å². The zero-order valence-corrected chi connectivity index (χ0v) is 11.2. The lowest BCUT2D eigenvalue weighted by atomic mass is 10.1. The Balaban J connectivity index is 2.12. The number of imidazole rings is 1. The summed E-state index contributed by atoms with van der Waals surface area (Å²) in [7, 11) is 0. The Morgan fingerprint density at radius 1 is 1.35 bits per heavy atom. The highest BCUT2D eigenvalue weighted by Gasteiger charge is 2.44. The van der Waals surface area contributed by atoms with E-state index in [1.165, 1.54) is 0 Å². The number of nitrogens with zero attached hydrogens (tertiary/aromatic N) is 3.